The molecule has 0 amide bonds. The van der Waals surface area contributed by atoms with Gasteiger partial charge >= 0.3 is 0 Å². The lowest BCUT2D eigenvalue weighted by Crippen LogP contribution is -1.98. The normalized spacial score (nSPS) is 10.1. The Kier molecular flexibility index (Phi) is 4.24. The summed E-state index contributed by atoms with van der Waals surface area (Å²) >= 11 is 2.94. The van der Waals surface area contributed by atoms with Crippen LogP contribution >= 0.6 is 23.5 Å². The molecule has 0 saturated heterocycles. The molecule has 1 heterocycles. The van der Waals surface area contributed by atoms with Gasteiger partial charge in [-0.25, -0.2) is 9.97 Å². The van der Waals surface area contributed by atoms with Crippen LogP contribution in [-0.4, -0.2) is 22.5 Å². The third kappa shape index (κ3) is 2.50. The van der Waals surface area contributed by atoms with Gasteiger partial charge < -0.3 is 0 Å². The van der Waals surface area contributed by atoms with Crippen LogP contribution < -0.4 is 0 Å². The summed E-state index contributed by atoms with van der Waals surface area (Å²) in [6.45, 7) is 0. The third-order valence-corrected chi connectivity index (χ3v) is 3.74. The van der Waals surface area contributed by atoms with Gasteiger partial charge in [-0.15, -0.1) is 23.5 Å². The van der Waals surface area contributed by atoms with Crippen molar-refractivity contribution in [2.45, 2.75) is 10.1 Å². The van der Waals surface area contributed by atoms with E-state index in [1.807, 2.05) is 42.8 Å². The van der Waals surface area contributed by atoms with Gasteiger partial charge in [-0.05, 0) is 12.5 Å². The van der Waals surface area contributed by atoms with E-state index >= 15 is 0 Å². The summed E-state index contributed by atoms with van der Waals surface area (Å²) in [5.74, 6) is 0.670. The van der Waals surface area contributed by atoms with Crippen molar-refractivity contribution in [2.24, 2.45) is 0 Å². The largest absolute Gasteiger partial charge is 0.220 e. The predicted molar refractivity (Wildman–Crippen MR) is 75.7 cm³/mol. The second kappa shape index (κ2) is 5.89. The molecule has 0 spiro atoms. The predicted octanol–water partition coefficient (Wildman–Crippen LogP) is 3.46. The highest BCUT2D eigenvalue weighted by Gasteiger charge is 2.13. The number of nitriles is 1. The standard InChI is InChI=1S/C13H11N3S2/c1-17-12-10(8-14)13(18-2)16-11(15-12)9-6-4-3-5-7-9/h3-7H,1-2H3. The van der Waals surface area contributed by atoms with Crippen LogP contribution in [0.2, 0.25) is 0 Å². The van der Waals surface area contributed by atoms with Crippen LogP contribution in [0, 0.1) is 11.3 Å². The maximum absolute atomic E-state index is 9.17. The molecular weight excluding hydrogens is 262 g/mol. The molecule has 0 N–H and O–H groups in total. The van der Waals surface area contributed by atoms with Gasteiger partial charge in [0.25, 0.3) is 0 Å². The van der Waals surface area contributed by atoms with E-state index in [9.17, 15) is 0 Å². The number of thioether (sulfide) groups is 2. The Balaban J connectivity index is 2.62. The first-order valence-electron chi connectivity index (χ1n) is 5.25. The van der Waals surface area contributed by atoms with Crippen molar-refractivity contribution >= 4 is 23.5 Å². The van der Waals surface area contributed by atoms with Gasteiger partial charge in [0.15, 0.2) is 5.82 Å². The molecule has 3 nitrogen and oxygen atoms in total. The molecule has 5 heteroatoms. The van der Waals surface area contributed by atoms with Crippen LogP contribution in [0.25, 0.3) is 11.4 Å². The fraction of sp³-hybridized carbons (Fsp3) is 0.154. The van der Waals surface area contributed by atoms with Crippen LogP contribution in [0.1, 0.15) is 5.56 Å². The van der Waals surface area contributed by atoms with Crippen molar-refractivity contribution in [3.63, 3.8) is 0 Å². The highest BCUT2D eigenvalue weighted by Crippen LogP contribution is 2.28. The lowest BCUT2D eigenvalue weighted by atomic mass is 10.2. The zero-order valence-electron chi connectivity index (χ0n) is 10.0. The minimum Gasteiger partial charge on any atom is -0.220 e. The number of aromatic nitrogens is 2. The van der Waals surface area contributed by atoms with E-state index in [4.69, 9.17) is 5.26 Å². The van der Waals surface area contributed by atoms with Crippen LogP contribution in [0.15, 0.2) is 40.4 Å². The summed E-state index contributed by atoms with van der Waals surface area (Å²) in [6.07, 6.45) is 3.84. The molecule has 0 aliphatic heterocycles. The van der Waals surface area contributed by atoms with Crippen molar-refractivity contribution in [3.05, 3.63) is 35.9 Å². The molecule has 2 rings (SSSR count). The molecule has 0 radical (unpaired) electrons. The van der Waals surface area contributed by atoms with Gasteiger partial charge in [-0.2, -0.15) is 5.26 Å². The van der Waals surface area contributed by atoms with Crippen molar-refractivity contribution in [1.29, 1.82) is 5.26 Å². The van der Waals surface area contributed by atoms with Gasteiger partial charge in [0, 0.05) is 5.56 Å². The summed E-state index contributed by atoms with van der Waals surface area (Å²) in [4.78, 5) is 8.91. The van der Waals surface area contributed by atoms with E-state index in [0.29, 0.717) is 11.4 Å². The Morgan fingerprint density at radius 2 is 1.56 bits per heavy atom. The van der Waals surface area contributed by atoms with E-state index in [1.165, 1.54) is 23.5 Å². The van der Waals surface area contributed by atoms with Crippen molar-refractivity contribution in [3.8, 4) is 17.5 Å². The minimum atomic E-state index is 0.565. The lowest BCUT2D eigenvalue weighted by Gasteiger charge is -2.07. The maximum Gasteiger partial charge on any atom is 0.161 e. The molecule has 0 saturated carbocycles. The summed E-state index contributed by atoms with van der Waals surface area (Å²) in [5, 5.41) is 10.6. The Bertz CT molecular complexity index is 566. The first-order valence-corrected chi connectivity index (χ1v) is 7.70. The molecule has 1 aromatic heterocycles. The highest BCUT2D eigenvalue weighted by atomic mass is 32.2. The fourth-order valence-electron chi connectivity index (χ4n) is 1.53. The van der Waals surface area contributed by atoms with E-state index in [0.717, 1.165) is 15.6 Å². The number of rotatable bonds is 3. The van der Waals surface area contributed by atoms with Gasteiger partial charge in [0.05, 0.1) is 0 Å². The van der Waals surface area contributed by atoms with Gasteiger partial charge in [-0.3, -0.25) is 0 Å². The fourth-order valence-corrected chi connectivity index (χ4v) is 2.64. The van der Waals surface area contributed by atoms with Gasteiger partial charge in [-0.1, -0.05) is 30.3 Å². The molecule has 0 fully saturated rings. The molecule has 2 aromatic rings. The summed E-state index contributed by atoms with van der Waals surface area (Å²) in [5.41, 5.74) is 1.53. The van der Waals surface area contributed by atoms with Crippen LogP contribution in [0.3, 0.4) is 0 Å². The van der Waals surface area contributed by atoms with E-state index in [1.54, 1.807) is 0 Å². The van der Waals surface area contributed by atoms with Crippen molar-refractivity contribution in [2.75, 3.05) is 12.5 Å². The molecule has 0 aliphatic rings. The molecule has 0 aliphatic carbocycles. The van der Waals surface area contributed by atoms with Crippen LogP contribution in [0.4, 0.5) is 0 Å². The second-order valence-electron chi connectivity index (χ2n) is 3.42. The number of nitrogens with zero attached hydrogens (tertiary/aromatic N) is 3. The quantitative estimate of drug-likeness (QED) is 0.633. The summed E-state index contributed by atoms with van der Waals surface area (Å²) in [7, 11) is 0. The summed E-state index contributed by atoms with van der Waals surface area (Å²) < 4.78 is 0. The maximum atomic E-state index is 9.17. The molecule has 1 aromatic carbocycles. The SMILES string of the molecule is CSc1nc(-c2ccccc2)nc(SC)c1C#N. The van der Waals surface area contributed by atoms with Gasteiger partial charge in [0.1, 0.15) is 21.7 Å². The zero-order valence-corrected chi connectivity index (χ0v) is 11.7. The zero-order chi connectivity index (χ0) is 13.0. The first-order chi connectivity index (χ1) is 8.80. The molecule has 0 atom stereocenters. The molecule has 0 bridgehead atoms. The molecule has 0 unspecified atom stereocenters. The smallest absolute Gasteiger partial charge is 0.161 e. The monoisotopic (exact) mass is 273 g/mol. The van der Waals surface area contributed by atoms with Crippen molar-refractivity contribution in [1.82, 2.24) is 9.97 Å². The average molecular weight is 273 g/mol. The van der Waals surface area contributed by atoms with Crippen molar-refractivity contribution < 1.29 is 0 Å². The topological polar surface area (TPSA) is 49.6 Å². The lowest BCUT2D eigenvalue weighted by molar-refractivity contribution is 0.957. The van der Waals surface area contributed by atoms with Crippen LogP contribution in [-0.2, 0) is 0 Å². The van der Waals surface area contributed by atoms with E-state index < -0.39 is 0 Å². The first kappa shape index (κ1) is 12.9. The average Bonchev–Trinajstić information content (AvgIpc) is 2.46. The molecule has 18 heavy (non-hydrogen) atoms. The number of hydrogen-bond acceptors (Lipinski definition) is 5. The number of hydrogen-bond donors (Lipinski definition) is 0. The van der Waals surface area contributed by atoms with E-state index in [-0.39, 0.29) is 0 Å². The minimum absolute atomic E-state index is 0.565. The summed E-state index contributed by atoms with van der Waals surface area (Å²) in [6, 6.07) is 12.0. The highest BCUT2D eigenvalue weighted by molar-refractivity contribution is 7.99. The Hall–Kier alpha value is -1.51. The Morgan fingerprint density at radius 1 is 1.00 bits per heavy atom. The molecule has 90 valence electrons. The number of benzene rings is 1. The second-order valence-corrected chi connectivity index (χ2v) is 5.01. The molecular formula is C13H11N3S2. The van der Waals surface area contributed by atoms with Gasteiger partial charge in [0.2, 0.25) is 0 Å². The Labute approximate surface area is 115 Å². The Morgan fingerprint density at radius 3 is 2.00 bits per heavy atom. The third-order valence-electron chi connectivity index (χ3n) is 2.37. The van der Waals surface area contributed by atoms with Crippen LogP contribution in [0.5, 0.6) is 0 Å². The van der Waals surface area contributed by atoms with E-state index in [2.05, 4.69) is 16.0 Å².